The number of carbonyl (C=O) groups is 1. The standard InChI is InChI=1S/C11H12N2O3/c1-7(14)13-9-5-11(16-3)10(15-2)4-8(9)6-12/h4-5H,1-3H3,(H,13,14). The number of methoxy groups -OCH3 is 2. The summed E-state index contributed by atoms with van der Waals surface area (Å²) in [5.74, 6) is 0.669. The number of anilines is 1. The molecule has 0 aliphatic carbocycles. The third-order valence-electron chi connectivity index (χ3n) is 1.95. The lowest BCUT2D eigenvalue weighted by molar-refractivity contribution is -0.114. The van der Waals surface area contributed by atoms with E-state index in [1.165, 1.54) is 27.2 Å². The van der Waals surface area contributed by atoms with E-state index in [1.54, 1.807) is 6.07 Å². The number of hydrogen-bond donors (Lipinski definition) is 1. The number of benzene rings is 1. The van der Waals surface area contributed by atoms with E-state index in [0.29, 0.717) is 22.7 Å². The highest BCUT2D eigenvalue weighted by Gasteiger charge is 2.11. The molecule has 0 saturated heterocycles. The van der Waals surface area contributed by atoms with Crippen LogP contribution in [-0.2, 0) is 4.79 Å². The molecule has 1 aromatic carbocycles. The Balaban J connectivity index is 3.27. The maximum absolute atomic E-state index is 10.9. The molecule has 0 atom stereocenters. The number of amides is 1. The van der Waals surface area contributed by atoms with Gasteiger partial charge in [-0.15, -0.1) is 0 Å². The van der Waals surface area contributed by atoms with Gasteiger partial charge in [-0.2, -0.15) is 5.26 Å². The Labute approximate surface area is 93.6 Å². The minimum absolute atomic E-state index is 0.247. The molecule has 16 heavy (non-hydrogen) atoms. The topological polar surface area (TPSA) is 71.3 Å². The van der Waals surface area contributed by atoms with Crippen LogP contribution in [0.4, 0.5) is 5.69 Å². The Morgan fingerprint density at radius 2 is 1.88 bits per heavy atom. The zero-order valence-electron chi connectivity index (χ0n) is 9.33. The van der Waals surface area contributed by atoms with E-state index in [-0.39, 0.29) is 5.91 Å². The Hall–Kier alpha value is -2.22. The van der Waals surface area contributed by atoms with Gasteiger partial charge in [0.05, 0.1) is 25.5 Å². The van der Waals surface area contributed by atoms with Crippen molar-refractivity contribution in [1.82, 2.24) is 0 Å². The fourth-order valence-electron chi connectivity index (χ4n) is 1.26. The lowest BCUT2D eigenvalue weighted by atomic mass is 10.1. The van der Waals surface area contributed by atoms with Crippen molar-refractivity contribution in [3.8, 4) is 17.6 Å². The van der Waals surface area contributed by atoms with Gasteiger partial charge in [0.15, 0.2) is 11.5 Å². The summed E-state index contributed by atoms with van der Waals surface area (Å²) in [7, 11) is 2.97. The van der Waals surface area contributed by atoms with Crippen molar-refractivity contribution in [1.29, 1.82) is 5.26 Å². The SMILES string of the molecule is COc1cc(C#N)c(NC(C)=O)cc1OC. The molecule has 0 fully saturated rings. The number of ether oxygens (including phenoxy) is 2. The molecule has 0 aromatic heterocycles. The summed E-state index contributed by atoms with van der Waals surface area (Å²) in [4.78, 5) is 10.9. The van der Waals surface area contributed by atoms with Crippen molar-refractivity contribution in [2.45, 2.75) is 6.92 Å². The second kappa shape index (κ2) is 5.03. The number of nitrogens with one attached hydrogen (secondary N) is 1. The molecule has 1 amide bonds. The zero-order chi connectivity index (χ0) is 12.1. The molecular weight excluding hydrogens is 208 g/mol. The van der Waals surface area contributed by atoms with Crippen LogP contribution in [0.5, 0.6) is 11.5 Å². The quantitative estimate of drug-likeness (QED) is 0.838. The van der Waals surface area contributed by atoms with Gasteiger partial charge < -0.3 is 14.8 Å². The fourth-order valence-corrected chi connectivity index (χ4v) is 1.26. The van der Waals surface area contributed by atoms with Gasteiger partial charge >= 0.3 is 0 Å². The minimum atomic E-state index is -0.247. The lowest BCUT2D eigenvalue weighted by Crippen LogP contribution is -2.08. The van der Waals surface area contributed by atoms with Crippen LogP contribution in [0.15, 0.2) is 12.1 Å². The minimum Gasteiger partial charge on any atom is -0.493 e. The van der Waals surface area contributed by atoms with Crippen LogP contribution in [0, 0.1) is 11.3 Å². The van der Waals surface area contributed by atoms with E-state index in [0.717, 1.165) is 0 Å². The fraction of sp³-hybridized carbons (Fsp3) is 0.273. The first-order chi connectivity index (χ1) is 7.62. The van der Waals surface area contributed by atoms with Crippen LogP contribution in [0.2, 0.25) is 0 Å². The average Bonchev–Trinajstić information content (AvgIpc) is 2.27. The summed E-state index contributed by atoms with van der Waals surface area (Å²) in [6.45, 7) is 1.37. The Morgan fingerprint density at radius 1 is 1.31 bits per heavy atom. The predicted octanol–water partition coefficient (Wildman–Crippen LogP) is 1.53. The van der Waals surface area contributed by atoms with Crippen LogP contribution >= 0.6 is 0 Å². The summed E-state index contributed by atoms with van der Waals surface area (Å²) in [5.41, 5.74) is 0.737. The molecule has 0 bridgehead atoms. The zero-order valence-corrected chi connectivity index (χ0v) is 9.33. The first-order valence-corrected chi connectivity index (χ1v) is 4.56. The Bertz CT molecular complexity index is 449. The van der Waals surface area contributed by atoms with Gasteiger partial charge in [-0.05, 0) is 0 Å². The molecule has 0 unspecified atom stereocenters. The number of hydrogen-bond acceptors (Lipinski definition) is 4. The van der Waals surface area contributed by atoms with Crippen LogP contribution in [0.25, 0.3) is 0 Å². The van der Waals surface area contributed by atoms with Crippen LogP contribution in [-0.4, -0.2) is 20.1 Å². The van der Waals surface area contributed by atoms with Crippen LogP contribution < -0.4 is 14.8 Å². The first-order valence-electron chi connectivity index (χ1n) is 4.56. The summed E-state index contributed by atoms with van der Waals surface area (Å²) in [5, 5.41) is 11.5. The van der Waals surface area contributed by atoms with Crippen molar-refractivity contribution < 1.29 is 14.3 Å². The molecule has 0 aliphatic heterocycles. The van der Waals surface area contributed by atoms with E-state index in [2.05, 4.69) is 5.32 Å². The van der Waals surface area contributed by atoms with E-state index in [9.17, 15) is 4.79 Å². The molecule has 1 rings (SSSR count). The molecule has 5 heteroatoms. The van der Waals surface area contributed by atoms with Crippen molar-refractivity contribution in [3.63, 3.8) is 0 Å². The highest BCUT2D eigenvalue weighted by Crippen LogP contribution is 2.32. The normalized spacial score (nSPS) is 9.12. The van der Waals surface area contributed by atoms with Crippen LogP contribution in [0.3, 0.4) is 0 Å². The van der Waals surface area contributed by atoms with Crippen molar-refractivity contribution in [2.75, 3.05) is 19.5 Å². The number of carbonyl (C=O) groups excluding carboxylic acids is 1. The average molecular weight is 220 g/mol. The van der Waals surface area contributed by atoms with Gasteiger partial charge in [-0.25, -0.2) is 0 Å². The molecule has 1 N–H and O–H groups in total. The van der Waals surface area contributed by atoms with Gasteiger partial charge in [0.1, 0.15) is 6.07 Å². The highest BCUT2D eigenvalue weighted by molar-refractivity contribution is 5.90. The molecule has 5 nitrogen and oxygen atoms in total. The van der Waals surface area contributed by atoms with Crippen molar-refractivity contribution in [3.05, 3.63) is 17.7 Å². The predicted molar refractivity (Wildman–Crippen MR) is 58.6 cm³/mol. The van der Waals surface area contributed by atoms with Crippen molar-refractivity contribution in [2.24, 2.45) is 0 Å². The monoisotopic (exact) mass is 220 g/mol. The third kappa shape index (κ3) is 2.42. The van der Waals surface area contributed by atoms with E-state index < -0.39 is 0 Å². The first kappa shape index (κ1) is 11.9. The lowest BCUT2D eigenvalue weighted by Gasteiger charge is -2.11. The Morgan fingerprint density at radius 3 is 2.31 bits per heavy atom. The second-order valence-electron chi connectivity index (χ2n) is 3.05. The number of nitrogens with zero attached hydrogens (tertiary/aromatic N) is 1. The molecule has 0 spiro atoms. The van der Waals surface area contributed by atoms with Gasteiger partial charge in [-0.1, -0.05) is 0 Å². The molecular formula is C11H12N2O3. The summed E-state index contributed by atoms with van der Waals surface area (Å²) < 4.78 is 10.1. The van der Waals surface area contributed by atoms with Gasteiger partial charge in [0.25, 0.3) is 0 Å². The maximum Gasteiger partial charge on any atom is 0.221 e. The van der Waals surface area contributed by atoms with E-state index in [1.807, 2.05) is 6.07 Å². The summed E-state index contributed by atoms with van der Waals surface area (Å²) in [6.07, 6.45) is 0. The third-order valence-corrected chi connectivity index (χ3v) is 1.95. The largest absolute Gasteiger partial charge is 0.493 e. The summed E-state index contributed by atoms with van der Waals surface area (Å²) >= 11 is 0. The van der Waals surface area contributed by atoms with Gasteiger partial charge in [-0.3, -0.25) is 4.79 Å². The molecule has 84 valence electrons. The van der Waals surface area contributed by atoms with Gasteiger partial charge in [0, 0.05) is 19.1 Å². The molecule has 0 saturated carbocycles. The van der Waals surface area contributed by atoms with E-state index >= 15 is 0 Å². The summed E-state index contributed by atoms with van der Waals surface area (Å²) in [6, 6.07) is 5.05. The van der Waals surface area contributed by atoms with Crippen LogP contribution in [0.1, 0.15) is 12.5 Å². The van der Waals surface area contributed by atoms with E-state index in [4.69, 9.17) is 14.7 Å². The highest BCUT2D eigenvalue weighted by atomic mass is 16.5. The van der Waals surface area contributed by atoms with Crippen molar-refractivity contribution >= 4 is 11.6 Å². The smallest absolute Gasteiger partial charge is 0.221 e. The molecule has 1 aromatic rings. The maximum atomic E-state index is 10.9. The molecule has 0 aliphatic rings. The Kier molecular flexibility index (Phi) is 3.72. The number of rotatable bonds is 3. The second-order valence-corrected chi connectivity index (χ2v) is 3.05. The molecule has 0 radical (unpaired) electrons. The molecule has 0 heterocycles. The van der Waals surface area contributed by atoms with Gasteiger partial charge in [0.2, 0.25) is 5.91 Å². The number of nitriles is 1.